The normalized spacial score (nSPS) is 3.33. The molecule has 0 bridgehead atoms. The molecule has 2 nitrogen and oxygen atoms in total. The van der Waals surface area contributed by atoms with Gasteiger partial charge in [0.1, 0.15) is 0 Å². The largest absolute Gasteiger partial charge is 0.516 e. The van der Waals surface area contributed by atoms with Crippen molar-refractivity contribution in [1.29, 1.82) is 5.26 Å². The molecule has 0 spiro atoms. The molecule has 6 heavy (non-hydrogen) atoms. The Morgan fingerprint density at radius 1 is 2.00 bits per heavy atom. The van der Waals surface area contributed by atoms with Gasteiger partial charge in [-0.1, -0.05) is 6.58 Å². The van der Waals surface area contributed by atoms with Gasteiger partial charge in [-0.3, -0.25) is 0 Å². The second-order valence-electron chi connectivity index (χ2n) is 0.406. The Labute approximate surface area is 37.3 Å². The lowest BCUT2D eigenvalue weighted by atomic mass is 11.0. The number of rotatable bonds is 0. The maximum atomic E-state index is 7.33. The molecule has 1 N–H and O–H groups in total. The van der Waals surface area contributed by atoms with E-state index in [1.54, 1.807) is 6.07 Å². The van der Waals surface area contributed by atoms with Crippen molar-refractivity contribution in [2.75, 3.05) is 0 Å². The van der Waals surface area contributed by atoms with Gasteiger partial charge in [0.2, 0.25) is 0 Å². The molecule has 0 saturated heterocycles. The molecule has 0 aromatic rings. The second kappa shape index (κ2) is 34.9. The van der Waals surface area contributed by atoms with E-state index >= 15 is 0 Å². The number of nitrogens with zero attached hydrogens (tertiary/aromatic N) is 1. The summed E-state index contributed by atoms with van der Waals surface area (Å²) in [6.45, 7) is 4.35. The van der Waals surface area contributed by atoms with E-state index in [0.717, 1.165) is 6.26 Å². The molecule has 0 saturated carbocycles. The molecule has 0 aliphatic rings. The molecule has 0 amide bonds. The van der Waals surface area contributed by atoms with Gasteiger partial charge in [0, 0.05) is 6.92 Å². The van der Waals surface area contributed by atoms with E-state index < -0.39 is 0 Å². The van der Waals surface area contributed by atoms with Crippen LogP contribution < -0.4 is 0 Å². The van der Waals surface area contributed by atoms with Crippen LogP contribution in [0.25, 0.3) is 0 Å². The summed E-state index contributed by atoms with van der Waals surface area (Å²) in [4.78, 5) is 0. The van der Waals surface area contributed by atoms with Crippen LogP contribution in [0.15, 0.2) is 12.8 Å². The molecular formula is C4H7NO. The molecule has 0 aromatic heterocycles. The third kappa shape index (κ3) is 13.3. The lowest BCUT2D eigenvalue weighted by Crippen LogP contribution is -1.25. The van der Waals surface area contributed by atoms with Crippen LogP contribution >= 0.6 is 0 Å². The monoisotopic (exact) mass is 85.1 g/mol. The van der Waals surface area contributed by atoms with Crippen LogP contribution in [0.3, 0.4) is 0 Å². The quantitative estimate of drug-likeness (QED) is 0.449. The van der Waals surface area contributed by atoms with Crippen molar-refractivity contribution in [3.05, 3.63) is 12.8 Å². The van der Waals surface area contributed by atoms with E-state index in [4.69, 9.17) is 10.4 Å². The zero-order valence-corrected chi connectivity index (χ0v) is 3.68. The number of hydrogen-bond donors (Lipinski definition) is 1. The first-order chi connectivity index (χ1) is 2.83. The third-order valence-electron chi connectivity index (χ3n) is 0. The Balaban J connectivity index is 0. The van der Waals surface area contributed by atoms with E-state index in [1.165, 1.54) is 6.92 Å². The van der Waals surface area contributed by atoms with Gasteiger partial charge in [0.15, 0.2) is 0 Å². The van der Waals surface area contributed by atoms with Gasteiger partial charge < -0.3 is 5.11 Å². The number of nitriles is 1. The molecule has 0 radical (unpaired) electrons. The minimum absolute atomic E-state index is 0.750. The van der Waals surface area contributed by atoms with E-state index in [-0.39, 0.29) is 0 Å². The fourth-order valence-corrected chi connectivity index (χ4v) is 0. The van der Waals surface area contributed by atoms with Gasteiger partial charge >= 0.3 is 0 Å². The predicted molar refractivity (Wildman–Crippen MR) is 24.1 cm³/mol. The Kier molecular flexibility index (Phi) is 51.7. The molecular weight excluding hydrogens is 78.0 g/mol. The van der Waals surface area contributed by atoms with E-state index in [9.17, 15) is 0 Å². The Morgan fingerprint density at radius 3 is 2.00 bits per heavy atom. The van der Waals surface area contributed by atoms with Crippen LogP contribution in [0, 0.1) is 11.3 Å². The van der Waals surface area contributed by atoms with Crippen molar-refractivity contribution in [3.8, 4) is 6.07 Å². The van der Waals surface area contributed by atoms with Crippen molar-refractivity contribution in [1.82, 2.24) is 0 Å². The van der Waals surface area contributed by atoms with Crippen molar-refractivity contribution < 1.29 is 5.11 Å². The average molecular weight is 85.1 g/mol. The summed E-state index contributed by atoms with van der Waals surface area (Å²) < 4.78 is 0. The first kappa shape index (κ1) is 8.90. The van der Waals surface area contributed by atoms with Crippen LogP contribution in [0.1, 0.15) is 6.92 Å². The molecule has 0 aliphatic carbocycles. The standard InChI is InChI=1S/C2H3N.C2H4O/c2*1-2-3/h1H3;2-3H,1H2. The van der Waals surface area contributed by atoms with Gasteiger partial charge in [-0.05, 0) is 0 Å². The maximum absolute atomic E-state index is 7.33. The first-order valence-electron chi connectivity index (χ1n) is 1.39. The van der Waals surface area contributed by atoms with Gasteiger partial charge in [-0.25, -0.2) is 0 Å². The van der Waals surface area contributed by atoms with E-state index in [2.05, 4.69) is 6.58 Å². The summed E-state index contributed by atoms with van der Waals surface area (Å²) in [6, 6.07) is 1.75. The average Bonchev–Trinajstić information content (AvgIpc) is 1.39. The summed E-state index contributed by atoms with van der Waals surface area (Å²) in [5, 5.41) is 14.7. The second-order valence-corrected chi connectivity index (χ2v) is 0.406. The maximum Gasteiger partial charge on any atom is 0.0719 e. The zero-order chi connectivity index (χ0) is 5.41. The van der Waals surface area contributed by atoms with Crippen molar-refractivity contribution in [2.24, 2.45) is 0 Å². The molecule has 0 atom stereocenters. The van der Waals surface area contributed by atoms with Gasteiger partial charge in [-0.2, -0.15) is 5.26 Å². The summed E-state index contributed by atoms with van der Waals surface area (Å²) in [6.07, 6.45) is 0.750. The summed E-state index contributed by atoms with van der Waals surface area (Å²) >= 11 is 0. The molecule has 0 fully saturated rings. The third-order valence-corrected chi connectivity index (χ3v) is 0. The molecule has 34 valence electrons. The van der Waals surface area contributed by atoms with Crippen molar-refractivity contribution >= 4 is 0 Å². The summed E-state index contributed by atoms with van der Waals surface area (Å²) in [5.41, 5.74) is 0. The summed E-state index contributed by atoms with van der Waals surface area (Å²) in [5.74, 6) is 0. The Morgan fingerprint density at radius 2 is 2.00 bits per heavy atom. The highest BCUT2D eigenvalue weighted by molar-refractivity contribution is 4.51. The minimum Gasteiger partial charge on any atom is -0.516 e. The minimum atomic E-state index is 0.750. The SMILES string of the molecule is C=CO.CC#N. The lowest BCUT2D eigenvalue weighted by molar-refractivity contribution is 0.476. The highest BCUT2D eigenvalue weighted by atomic mass is 16.2. The number of aliphatic hydroxyl groups is 1. The van der Waals surface area contributed by atoms with Gasteiger partial charge in [0.25, 0.3) is 0 Å². The number of hydrogen-bond acceptors (Lipinski definition) is 2. The van der Waals surface area contributed by atoms with Gasteiger partial charge in [0.05, 0.1) is 12.3 Å². The molecule has 0 rings (SSSR count). The molecule has 0 aliphatic heterocycles. The first-order valence-corrected chi connectivity index (χ1v) is 1.39. The number of aliphatic hydroxyl groups excluding tert-OH is 1. The van der Waals surface area contributed by atoms with Crippen LogP contribution in [0.4, 0.5) is 0 Å². The molecule has 0 heterocycles. The van der Waals surface area contributed by atoms with Crippen LogP contribution in [0.5, 0.6) is 0 Å². The lowest BCUT2D eigenvalue weighted by Gasteiger charge is -1.41. The van der Waals surface area contributed by atoms with Crippen LogP contribution in [0.2, 0.25) is 0 Å². The Hall–Kier alpha value is -0.970. The molecule has 2 heteroatoms. The smallest absolute Gasteiger partial charge is 0.0719 e. The zero-order valence-electron chi connectivity index (χ0n) is 3.68. The highest BCUT2D eigenvalue weighted by Crippen LogP contribution is 1.26. The summed E-state index contributed by atoms with van der Waals surface area (Å²) in [7, 11) is 0. The topological polar surface area (TPSA) is 44.0 Å². The van der Waals surface area contributed by atoms with E-state index in [1.807, 2.05) is 0 Å². The van der Waals surface area contributed by atoms with Crippen molar-refractivity contribution in [2.45, 2.75) is 6.92 Å². The fourth-order valence-electron chi connectivity index (χ4n) is 0. The molecule has 0 unspecified atom stereocenters. The molecule has 0 aromatic carbocycles. The van der Waals surface area contributed by atoms with Crippen LogP contribution in [-0.2, 0) is 0 Å². The fraction of sp³-hybridized carbons (Fsp3) is 0.250. The highest BCUT2D eigenvalue weighted by Gasteiger charge is 1.17. The van der Waals surface area contributed by atoms with E-state index in [0.29, 0.717) is 0 Å². The van der Waals surface area contributed by atoms with Gasteiger partial charge in [-0.15, -0.1) is 0 Å². The van der Waals surface area contributed by atoms with Crippen molar-refractivity contribution in [3.63, 3.8) is 0 Å². The Bertz CT molecular complexity index is 53.1. The van der Waals surface area contributed by atoms with Crippen LogP contribution in [-0.4, -0.2) is 5.11 Å². The predicted octanol–water partition coefficient (Wildman–Crippen LogP) is 1.22.